The molecule has 8 nitrogen and oxygen atoms in total. The molecule has 0 atom stereocenters. The summed E-state index contributed by atoms with van der Waals surface area (Å²) >= 11 is 0. The van der Waals surface area contributed by atoms with Gasteiger partial charge in [-0.25, -0.2) is 4.79 Å². The van der Waals surface area contributed by atoms with Crippen LogP contribution >= 0.6 is 0 Å². The number of hydrogen-bond acceptors (Lipinski definition) is 6. The van der Waals surface area contributed by atoms with Crippen LogP contribution in [0.15, 0.2) is 73.1 Å². The lowest BCUT2D eigenvalue weighted by molar-refractivity contribution is 0.0395. The summed E-state index contributed by atoms with van der Waals surface area (Å²) in [5.41, 5.74) is 5.34. The van der Waals surface area contributed by atoms with Gasteiger partial charge in [-0.2, -0.15) is 5.48 Å². The van der Waals surface area contributed by atoms with Crippen molar-refractivity contribution in [1.82, 2.24) is 15.4 Å². The van der Waals surface area contributed by atoms with Gasteiger partial charge < -0.3 is 14.5 Å². The summed E-state index contributed by atoms with van der Waals surface area (Å²) in [6.07, 6.45) is 4.94. The third-order valence-corrected chi connectivity index (χ3v) is 5.70. The molecule has 0 saturated carbocycles. The van der Waals surface area contributed by atoms with Gasteiger partial charge in [-0.15, -0.1) is 0 Å². The Hall–Kier alpha value is -4.07. The van der Waals surface area contributed by atoms with Crippen LogP contribution in [0.5, 0.6) is 5.75 Å². The quantitative estimate of drug-likeness (QED) is 0.533. The lowest BCUT2D eigenvalue weighted by atomic mass is 10.1. The van der Waals surface area contributed by atoms with Crippen LogP contribution in [0.4, 0.5) is 10.5 Å². The minimum Gasteiger partial charge on any atom is -0.496 e. The van der Waals surface area contributed by atoms with Crippen LogP contribution in [0.25, 0.3) is 0 Å². The Morgan fingerprint density at radius 2 is 1.74 bits per heavy atom. The Labute approximate surface area is 199 Å². The highest BCUT2D eigenvalue weighted by Crippen LogP contribution is 2.27. The summed E-state index contributed by atoms with van der Waals surface area (Å²) in [6.45, 7) is 2.50. The Morgan fingerprint density at radius 3 is 2.44 bits per heavy atom. The van der Waals surface area contributed by atoms with Gasteiger partial charge in [0.1, 0.15) is 5.75 Å². The first-order valence-corrected chi connectivity index (χ1v) is 11.3. The molecular formula is C26H28N4O4. The van der Waals surface area contributed by atoms with Crippen molar-refractivity contribution in [2.24, 2.45) is 0 Å². The van der Waals surface area contributed by atoms with Gasteiger partial charge in [0.15, 0.2) is 0 Å². The van der Waals surface area contributed by atoms with Gasteiger partial charge in [0.05, 0.1) is 19.2 Å². The first kappa shape index (κ1) is 23.1. The largest absolute Gasteiger partial charge is 0.496 e. The molecule has 1 aromatic heterocycles. The lowest BCUT2D eigenvalue weighted by Gasteiger charge is -2.22. The lowest BCUT2D eigenvalue weighted by Crippen LogP contribution is -2.37. The maximum atomic E-state index is 12.9. The average molecular weight is 461 g/mol. The number of carbonyl (C=O) groups excluding carboxylic acids is 2. The molecule has 2 amide bonds. The number of benzene rings is 2. The number of aromatic nitrogens is 1. The molecule has 176 valence electrons. The van der Waals surface area contributed by atoms with Gasteiger partial charge in [-0.1, -0.05) is 36.4 Å². The van der Waals surface area contributed by atoms with Gasteiger partial charge in [0.25, 0.3) is 5.91 Å². The van der Waals surface area contributed by atoms with Crippen molar-refractivity contribution in [2.45, 2.75) is 25.9 Å². The first-order chi connectivity index (χ1) is 16.6. The number of methoxy groups -OCH3 is 1. The van der Waals surface area contributed by atoms with E-state index in [2.05, 4.69) is 15.4 Å². The van der Waals surface area contributed by atoms with E-state index < -0.39 is 12.0 Å². The van der Waals surface area contributed by atoms with Crippen LogP contribution in [-0.2, 0) is 17.9 Å². The van der Waals surface area contributed by atoms with Crippen LogP contribution in [0.1, 0.15) is 34.3 Å². The van der Waals surface area contributed by atoms with Crippen LogP contribution in [0, 0.1) is 0 Å². The highest BCUT2D eigenvalue weighted by atomic mass is 16.7. The third-order valence-electron chi connectivity index (χ3n) is 5.70. The SMILES string of the molecule is COc1ccc(N2CCCC2)cc1C(=O)NOC(=O)N(Cc1ccccc1)Cc1cccnc1. The number of carbonyl (C=O) groups is 2. The number of hydrogen-bond donors (Lipinski definition) is 1. The molecular weight excluding hydrogens is 432 g/mol. The van der Waals surface area contributed by atoms with E-state index in [1.54, 1.807) is 24.5 Å². The van der Waals surface area contributed by atoms with Crippen molar-refractivity contribution in [1.29, 1.82) is 0 Å². The highest BCUT2D eigenvalue weighted by molar-refractivity contribution is 5.97. The Morgan fingerprint density at radius 1 is 1.00 bits per heavy atom. The van der Waals surface area contributed by atoms with Gasteiger partial charge in [-0.3, -0.25) is 14.7 Å². The highest BCUT2D eigenvalue weighted by Gasteiger charge is 2.21. The molecule has 1 aliphatic rings. The summed E-state index contributed by atoms with van der Waals surface area (Å²) in [5, 5.41) is 0. The summed E-state index contributed by atoms with van der Waals surface area (Å²) in [4.78, 5) is 38.9. The van der Waals surface area contributed by atoms with Crippen molar-refractivity contribution >= 4 is 17.7 Å². The molecule has 2 aromatic carbocycles. The Kier molecular flexibility index (Phi) is 7.60. The zero-order chi connectivity index (χ0) is 23.8. The monoisotopic (exact) mass is 460 g/mol. The Bertz CT molecular complexity index is 1060. The van der Waals surface area contributed by atoms with Gasteiger partial charge in [0, 0.05) is 37.7 Å². The molecule has 8 heteroatoms. The van der Waals surface area contributed by atoms with Crippen molar-refractivity contribution in [3.05, 3.63) is 89.7 Å². The molecule has 1 fully saturated rings. The normalized spacial score (nSPS) is 12.8. The predicted octanol–water partition coefficient (Wildman–Crippen LogP) is 4.17. The smallest absolute Gasteiger partial charge is 0.434 e. The number of nitrogens with zero attached hydrogens (tertiary/aromatic N) is 3. The van der Waals surface area contributed by atoms with Crippen LogP contribution in [0.3, 0.4) is 0 Å². The summed E-state index contributed by atoms with van der Waals surface area (Å²) in [7, 11) is 1.50. The standard InChI is InChI=1S/C26H28N4O4/c1-33-24-12-11-22(29-14-5-6-15-29)16-23(24)25(31)28-34-26(32)30(18-20-8-3-2-4-9-20)19-21-10-7-13-27-17-21/h2-4,7-13,16-17H,5-6,14-15,18-19H2,1H3,(H,28,31). The van der Waals surface area contributed by atoms with Crippen molar-refractivity contribution in [2.75, 3.05) is 25.1 Å². The molecule has 0 aliphatic carbocycles. The topological polar surface area (TPSA) is 84.0 Å². The van der Waals surface area contributed by atoms with Crippen molar-refractivity contribution in [3.63, 3.8) is 0 Å². The fourth-order valence-corrected chi connectivity index (χ4v) is 3.96. The van der Waals surface area contributed by atoms with E-state index >= 15 is 0 Å². The maximum absolute atomic E-state index is 12.9. The van der Waals surface area contributed by atoms with Gasteiger partial charge >= 0.3 is 6.09 Å². The number of pyridine rings is 1. The van der Waals surface area contributed by atoms with E-state index in [0.717, 1.165) is 42.7 Å². The summed E-state index contributed by atoms with van der Waals surface area (Å²) in [6, 6.07) is 18.7. The fraction of sp³-hybridized carbons (Fsp3) is 0.269. The number of rotatable bonds is 7. The number of hydroxylamine groups is 1. The molecule has 1 N–H and O–H groups in total. The average Bonchev–Trinajstić information content (AvgIpc) is 3.43. The van der Waals surface area contributed by atoms with Crippen molar-refractivity contribution < 1.29 is 19.2 Å². The number of ether oxygens (including phenoxy) is 1. The number of nitrogens with one attached hydrogen (secondary N) is 1. The van der Waals surface area contributed by atoms with Gasteiger partial charge in [-0.05, 0) is 48.2 Å². The van der Waals surface area contributed by atoms with Crippen LogP contribution in [0.2, 0.25) is 0 Å². The molecule has 0 unspecified atom stereocenters. The molecule has 0 radical (unpaired) electrons. The van der Waals surface area contributed by atoms with E-state index in [1.165, 1.54) is 12.0 Å². The second-order valence-corrected chi connectivity index (χ2v) is 8.08. The zero-order valence-electron chi connectivity index (χ0n) is 19.1. The first-order valence-electron chi connectivity index (χ1n) is 11.3. The molecule has 3 aromatic rings. The van der Waals surface area contributed by atoms with E-state index in [9.17, 15) is 9.59 Å². The molecule has 4 rings (SSSR count). The minimum absolute atomic E-state index is 0.283. The zero-order valence-corrected chi connectivity index (χ0v) is 19.1. The van der Waals surface area contributed by atoms with Crippen molar-refractivity contribution in [3.8, 4) is 5.75 Å². The molecule has 1 aliphatic heterocycles. The number of anilines is 1. The fourth-order valence-electron chi connectivity index (χ4n) is 3.96. The Balaban J connectivity index is 1.46. The molecule has 2 heterocycles. The van der Waals surface area contributed by atoms with E-state index in [-0.39, 0.29) is 6.54 Å². The van der Waals surface area contributed by atoms with E-state index in [4.69, 9.17) is 9.57 Å². The maximum Gasteiger partial charge on any atom is 0.434 e. The molecule has 0 spiro atoms. The second kappa shape index (κ2) is 11.2. The van der Waals surface area contributed by atoms with E-state index in [0.29, 0.717) is 17.9 Å². The molecule has 34 heavy (non-hydrogen) atoms. The third kappa shape index (κ3) is 5.83. The minimum atomic E-state index is -0.671. The number of amides is 2. The van der Waals surface area contributed by atoms with Crippen LogP contribution in [-0.4, -0.2) is 42.1 Å². The van der Waals surface area contributed by atoms with E-state index in [1.807, 2.05) is 48.5 Å². The van der Waals surface area contributed by atoms with Crippen LogP contribution < -0.4 is 15.1 Å². The summed E-state index contributed by atoms with van der Waals surface area (Å²) < 4.78 is 5.36. The molecule has 0 bridgehead atoms. The predicted molar refractivity (Wildman–Crippen MR) is 128 cm³/mol. The summed E-state index contributed by atoms with van der Waals surface area (Å²) in [5.74, 6) is -0.139. The molecule has 1 saturated heterocycles. The second-order valence-electron chi connectivity index (χ2n) is 8.08. The van der Waals surface area contributed by atoms with Gasteiger partial charge in [0.2, 0.25) is 0 Å².